The van der Waals surface area contributed by atoms with Crippen molar-refractivity contribution < 1.29 is 23.8 Å². The predicted octanol–water partition coefficient (Wildman–Crippen LogP) is 10.1. The summed E-state index contributed by atoms with van der Waals surface area (Å²) in [4.78, 5) is 25.6. The molecule has 0 fully saturated rings. The van der Waals surface area contributed by atoms with Crippen LogP contribution in [0.25, 0.3) is 0 Å². The number of hydrogen-bond acceptors (Lipinski definition) is 5. The van der Waals surface area contributed by atoms with Crippen LogP contribution in [0, 0.1) is 19.3 Å². The van der Waals surface area contributed by atoms with Gasteiger partial charge in [0.25, 0.3) is 0 Å². The average molecular weight is 593 g/mol. The minimum absolute atomic E-state index is 0.113. The fraction of sp³-hybridized carbons (Fsp3) is 0.333. The van der Waals surface area contributed by atoms with Crippen LogP contribution in [0.5, 0.6) is 23.0 Å². The smallest absolute Gasteiger partial charge is 0.343 e. The van der Waals surface area contributed by atoms with Gasteiger partial charge in [-0.15, -0.1) is 0 Å². The van der Waals surface area contributed by atoms with Gasteiger partial charge in [-0.1, -0.05) is 52.0 Å². The Morgan fingerprint density at radius 1 is 0.636 bits per heavy atom. The van der Waals surface area contributed by atoms with Gasteiger partial charge in [-0.25, -0.2) is 4.79 Å². The van der Waals surface area contributed by atoms with Crippen LogP contribution in [0.1, 0.15) is 97.4 Å². The van der Waals surface area contributed by atoms with E-state index in [0.717, 1.165) is 41.7 Å². The molecule has 0 amide bonds. The molecule has 44 heavy (non-hydrogen) atoms. The number of ether oxygens (including phenoxy) is 3. The summed E-state index contributed by atoms with van der Waals surface area (Å²) in [5.74, 6) is 2.32. The summed E-state index contributed by atoms with van der Waals surface area (Å²) in [7, 11) is 0. The molecule has 4 rings (SSSR count). The van der Waals surface area contributed by atoms with Crippen LogP contribution in [0.3, 0.4) is 0 Å². The van der Waals surface area contributed by atoms with Crippen molar-refractivity contribution in [2.75, 3.05) is 0 Å². The van der Waals surface area contributed by atoms with E-state index < -0.39 is 11.4 Å². The first-order valence-corrected chi connectivity index (χ1v) is 15.3. The number of benzene rings is 4. The maximum Gasteiger partial charge on any atom is 0.343 e. The van der Waals surface area contributed by atoms with Crippen molar-refractivity contribution in [1.29, 1.82) is 0 Å². The first-order valence-electron chi connectivity index (χ1n) is 15.3. The molecular formula is C39H44O5. The zero-order valence-corrected chi connectivity index (χ0v) is 27.2. The van der Waals surface area contributed by atoms with Gasteiger partial charge >= 0.3 is 5.97 Å². The van der Waals surface area contributed by atoms with Crippen molar-refractivity contribution in [3.63, 3.8) is 0 Å². The molecule has 0 saturated carbocycles. The van der Waals surface area contributed by atoms with Crippen LogP contribution in [0.15, 0.2) is 84.9 Å². The second-order valence-electron chi connectivity index (χ2n) is 12.7. The lowest BCUT2D eigenvalue weighted by Gasteiger charge is -2.26. The highest BCUT2D eigenvalue weighted by Crippen LogP contribution is 2.30. The number of rotatable bonds is 12. The van der Waals surface area contributed by atoms with Crippen LogP contribution in [0.4, 0.5) is 0 Å². The Morgan fingerprint density at radius 3 is 1.61 bits per heavy atom. The van der Waals surface area contributed by atoms with Gasteiger partial charge in [-0.2, -0.15) is 0 Å². The van der Waals surface area contributed by atoms with Gasteiger partial charge in [0, 0.05) is 11.0 Å². The second kappa shape index (κ2) is 13.5. The highest BCUT2D eigenvalue weighted by Gasteiger charge is 2.26. The molecule has 0 unspecified atom stereocenters. The van der Waals surface area contributed by atoms with Crippen LogP contribution in [0.2, 0.25) is 0 Å². The van der Waals surface area contributed by atoms with Crippen LogP contribution < -0.4 is 14.2 Å². The van der Waals surface area contributed by atoms with E-state index in [4.69, 9.17) is 14.2 Å². The Labute approximate surface area is 262 Å². The van der Waals surface area contributed by atoms with E-state index in [-0.39, 0.29) is 11.4 Å². The first kappa shape index (κ1) is 32.5. The molecule has 0 N–H and O–H groups in total. The van der Waals surface area contributed by atoms with Gasteiger partial charge < -0.3 is 14.2 Å². The van der Waals surface area contributed by atoms with Crippen molar-refractivity contribution in [2.45, 2.75) is 80.3 Å². The molecule has 0 radical (unpaired) electrons. The normalized spacial score (nSPS) is 11.6. The van der Waals surface area contributed by atoms with Crippen LogP contribution in [-0.2, 0) is 6.42 Å². The second-order valence-corrected chi connectivity index (χ2v) is 12.7. The van der Waals surface area contributed by atoms with Crippen LogP contribution in [-0.4, -0.2) is 17.4 Å². The quantitative estimate of drug-likeness (QED) is 0.0930. The summed E-state index contributed by atoms with van der Waals surface area (Å²) in [6, 6.07) is 26.2. The number of Topliss-reactive ketones (excluding diaryl/α,β-unsaturated/α-hetero) is 1. The third-order valence-corrected chi connectivity index (χ3v) is 8.27. The number of carbonyl (C=O) groups excluding carboxylic acids is 2. The zero-order valence-electron chi connectivity index (χ0n) is 27.2. The summed E-state index contributed by atoms with van der Waals surface area (Å²) < 4.78 is 17.8. The minimum Gasteiger partial charge on any atom is -0.488 e. The van der Waals surface area contributed by atoms with Crippen molar-refractivity contribution in [1.82, 2.24) is 0 Å². The fourth-order valence-electron chi connectivity index (χ4n) is 4.66. The Bertz CT molecular complexity index is 1610. The molecule has 0 heterocycles. The Balaban J connectivity index is 1.35. The van der Waals surface area contributed by atoms with Crippen LogP contribution >= 0.6 is 0 Å². The highest BCUT2D eigenvalue weighted by molar-refractivity contribution is 6.00. The molecule has 5 nitrogen and oxygen atoms in total. The van der Waals surface area contributed by atoms with E-state index in [1.807, 2.05) is 45.9 Å². The standard InChI is InChI=1S/C39H44O5/c1-9-38(5,6)36(40)30-13-17-32(18-14-30)42-33-19-15-31(16-20-33)37(41)43-34-21-11-28(23-26(34)3)25-29-12-22-35(27(4)24-29)44-39(7,8)10-2/h11-24H,9-10,25H2,1-8H3. The van der Waals surface area contributed by atoms with E-state index in [2.05, 4.69) is 45.9 Å². The molecule has 0 bridgehead atoms. The van der Waals surface area contributed by atoms with Crippen molar-refractivity contribution in [3.8, 4) is 23.0 Å². The lowest BCUT2D eigenvalue weighted by Crippen LogP contribution is -2.27. The van der Waals surface area contributed by atoms with Crippen molar-refractivity contribution >= 4 is 11.8 Å². The largest absolute Gasteiger partial charge is 0.488 e. The molecule has 4 aromatic rings. The van der Waals surface area contributed by atoms with Gasteiger partial charge in [0.1, 0.15) is 28.6 Å². The number of ketones is 1. The predicted molar refractivity (Wildman–Crippen MR) is 176 cm³/mol. The Morgan fingerprint density at radius 2 is 1.14 bits per heavy atom. The first-order chi connectivity index (χ1) is 20.8. The SMILES string of the molecule is CCC(C)(C)Oc1ccc(Cc2ccc(OC(=O)c3ccc(Oc4ccc(C(=O)C(C)(C)CC)cc4)cc3)c(C)c2)cc1C. The summed E-state index contributed by atoms with van der Waals surface area (Å²) in [6.07, 6.45) is 2.47. The number of esters is 1. The van der Waals surface area contributed by atoms with Gasteiger partial charge in [-0.3, -0.25) is 4.79 Å². The van der Waals surface area contributed by atoms with Crippen molar-refractivity contribution in [2.24, 2.45) is 5.41 Å². The zero-order chi connectivity index (χ0) is 32.1. The molecule has 5 heteroatoms. The number of carbonyl (C=O) groups is 2. The molecule has 0 saturated heterocycles. The third-order valence-electron chi connectivity index (χ3n) is 8.27. The molecule has 0 aliphatic rings. The molecular weight excluding hydrogens is 548 g/mol. The highest BCUT2D eigenvalue weighted by atomic mass is 16.5. The Hall–Kier alpha value is -4.38. The van der Waals surface area contributed by atoms with Gasteiger partial charge in [0.15, 0.2) is 5.78 Å². The Kier molecular flexibility index (Phi) is 9.98. The lowest BCUT2D eigenvalue weighted by molar-refractivity contribution is 0.0733. The van der Waals surface area contributed by atoms with Gasteiger partial charge in [0.05, 0.1) is 5.56 Å². The van der Waals surface area contributed by atoms with E-state index in [9.17, 15) is 9.59 Å². The molecule has 0 spiro atoms. The number of aryl methyl sites for hydroxylation is 2. The number of hydrogen-bond donors (Lipinski definition) is 0. The van der Waals surface area contributed by atoms with E-state index in [1.54, 1.807) is 48.5 Å². The van der Waals surface area contributed by atoms with Crippen molar-refractivity contribution in [3.05, 3.63) is 118 Å². The summed E-state index contributed by atoms with van der Waals surface area (Å²) in [6.45, 7) is 16.3. The third kappa shape index (κ3) is 8.16. The summed E-state index contributed by atoms with van der Waals surface area (Å²) in [5, 5.41) is 0. The molecule has 230 valence electrons. The maximum atomic E-state index is 12.9. The molecule has 4 aromatic carbocycles. The van der Waals surface area contributed by atoms with E-state index in [0.29, 0.717) is 28.4 Å². The molecule has 0 aliphatic carbocycles. The molecule has 0 atom stereocenters. The molecule has 0 aliphatic heterocycles. The average Bonchev–Trinajstić information content (AvgIpc) is 3.00. The van der Waals surface area contributed by atoms with E-state index >= 15 is 0 Å². The minimum atomic E-state index is -0.435. The monoisotopic (exact) mass is 592 g/mol. The van der Waals surface area contributed by atoms with E-state index in [1.165, 1.54) is 5.56 Å². The van der Waals surface area contributed by atoms with Gasteiger partial charge in [-0.05, 0) is 130 Å². The summed E-state index contributed by atoms with van der Waals surface area (Å²) in [5.41, 5.74) is 4.82. The van der Waals surface area contributed by atoms with Gasteiger partial charge in [0.2, 0.25) is 0 Å². The molecule has 0 aromatic heterocycles. The fourth-order valence-corrected chi connectivity index (χ4v) is 4.66. The topological polar surface area (TPSA) is 61.8 Å². The summed E-state index contributed by atoms with van der Waals surface area (Å²) >= 11 is 0. The lowest BCUT2D eigenvalue weighted by atomic mass is 9.82. The maximum absolute atomic E-state index is 12.9.